The molecule has 1 aliphatic rings. The molecule has 1 N–H and O–H groups in total. The SMILES string of the molecule is COC(=O)C1CNCC1c1ccncc1. The number of ether oxygens (including phenoxy) is 1. The van der Waals surface area contributed by atoms with Gasteiger partial charge in [-0.1, -0.05) is 0 Å². The molecule has 1 aromatic rings. The number of carbonyl (C=O) groups is 1. The van der Waals surface area contributed by atoms with Crippen LogP contribution in [0.1, 0.15) is 11.5 Å². The quantitative estimate of drug-likeness (QED) is 0.718. The Balaban J connectivity index is 2.18. The number of nitrogens with zero attached hydrogens (tertiary/aromatic N) is 1. The molecule has 1 saturated heterocycles. The number of hydrogen-bond acceptors (Lipinski definition) is 4. The largest absolute Gasteiger partial charge is 0.469 e. The van der Waals surface area contributed by atoms with Gasteiger partial charge in [0.1, 0.15) is 0 Å². The summed E-state index contributed by atoms with van der Waals surface area (Å²) >= 11 is 0. The Morgan fingerprint density at radius 1 is 1.47 bits per heavy atom. The number of nitrogens with one attached hydrogen (secondary N) is 1. The fourth-order valence-corrected chi connectivity index (χ4v) is 2.04. The molecule has 0 bridgehead atoms. The molecule has 4 nitrogen and oxygen atoms in total. The van der Waals surface area contributed by atoms with Crippen LogP contribution >= 0.6 is 0 Å². The fraction of sp³-hybridized carbons (Fsp3) is 0.455. The molecular formula is C11H14N2O2. The van der Waals surface area contributed by atoms with Gasteiger partial charge in [0.25, 0.3) is 0 Å². The first-order chi connectivity index (χ1) is 7.33. The van der Waals surface area contributed by atoms with Crippen molar-refractivity contribution in [2.24, 2.45) is 5.92 Å². The highest BCUT2D eigenvalue weighted by Gasteiger charge is 2.34. The van der Waals surface area contributed by atoms with E-state index in [1.54, 1.807) is 12.4 Å². The van der Waals surface area contributed by atoms with E-state index in [1.807, 2.05) is 12.1 Å². The number of carbonyl (C=O) groups excluding carboxylic acids is 1. The van der Waals surface area contributed by atoms with Crippen LogP contribution in [0, 0.1) is 5.92 Å². The van der Waals surface area contributed by atoms with Gasteiger partial charge in [0.05, 0.1) is 13.0 Å². The van der Waals surface area contributed by atoms with Crippen LogP contribution in [0.4, 0.5) is 0 Å². The van der Waals surface area contributed by atoms with Gasteiger partial charge in [-0.2, -0.15) is 0 Å². The van der Waals surface area contributed by atoms with Gasteiger partial charge in [0.2, 0.25) is 0 Å². The second-order valence-electron chi connectivity index (χ2n) is 3.67. The summed E-state index contributed by atoms with van der Waals surface area (Å²) in [6.07, 6.45) is 3.50. The molecule has 1 aromatic heterocycles. The zero-order chi connectivity index (χ0) is 10.7. The summed E-state index contributed by atoms with van der Waals surface area (Å²) < 4.78 is 4.79. The number of esters is 1. The van der Waals surface area contributed by atoms with Crippen LogP contribution in [0.5, 0.6) is 0 Å². The normalized spacial score (nSPS) is 25.1. The van der Waals surface area contributed by atoms with Crippen molar-refractivity contribution in [2.75, 3.05) is 20.2 Å². The van der Waals surface area contributed by atoms with Crippen molar-refractivity contribution in [1.29, 1.82) is 0 Å². The average molecular weight is 206 g/mol. The molecule has 2 heterocycles. The van der Waals surface area contributed by atoms with Crippen LogP contribution in [0.15, 0.2) is 24.5 Å². The first kappa shape index (κ1) is 10.1. The highest BCUT2D eigenvalue weighted by Crippen LogP contribution is 2.28. The third-order valence-electron chi connectivity index (χ3n) is 2.85. The van der Waals surface area contributed by atoms with Crippen LogP contribution in [0.3, 0.4) is 0 Å². The monoisotopic (exact) mass is 206 g/mol. The smallest absolute Gasteiger partial charge is 0.310 e. The summed E-state index contributed by atoms with van der Waals surface area (Å²) in [6.45, 7) is 1.52. The van der Waals surface area contributed by atoms with Gasteiger partial charge in [0.15, 0.2) is 0 Å². The summed E-state index contributed by atoms with van der Waals surface area (Å²) in [5.41, 5.74) is 1.14. The van der Waals surface area contributed by atoms with Crippen molar-refractivity contribution in [1.82, 2.24) is 10.3 Å². The van der Waals surface area contributed by atoms with Crippen molar-refractivity contribution in [3.8, 4) is 0 Å². The lowest BCUT2D eigenvalue weighted by Gasteiger charge is -2.16. The molecule has 1 aliphatic heterocycles. The van der Waals surface area contributed by atoms with Crippen LogP contribution in [0.2, 0.25) is 0 Å². The Labute approximate surface area is 88.7 Å². The Morgan fingerprint density at radius 3 is 2.87 bits per heavy atom. The van der Waals surface area contributed by atoms with E-state index in [2.05, 4.69) is 10.3 Å². The Bertz CT molecular complexity index is 340. The third-order valence-corrected chi connectivity index (χ3v) is 2.85. The van der Waals surface area contributed by atoms with Crippen LogP contribution < -0.4 is 5.32 Å². The van der Waals surface area contributed by atoms with Crippen molar-refractivity contribution < 1.29 is 9.53 Å². The summed E-state index contributed by atoms with van der Waals surface area (Å²) in [6, 6.07) is 3.90. The van der Waals surface area contributed by atoms with Crippen LogP contribution in [0.25, 0.3) is 0 Å². The van der Waals surface area contributed by atoms with E-state index in [9.17, 15) is 4.79 Å². The molecule has 2 rings (SSSR count). The lowest BCUT2D eigenvalue weighted by atomic mass is 9.90. The minimum absolute atomic E-state index is 0.0719. The van der Waals surface area contributed by atoms with Crippen molar-refractivity contribution in [2.45, 2.75) is 5.92 Å². The highest BCUT2D eigenvalue weighted by molar-refractivity contribution is 5.74. The van der Waals surface area contributed by atoms with Crippen LogP contribution in [-0.4, -0.2) is 31.2 Å². The summed E-state index contributed by atoms with van der Waals surface area (Å²) in [5, 5.41) is 3.21. The predicted molar refractivity (Wildman–Crippen MR) is 55.4 cm³/mol. The summed E-state index contributed by atoms with van der Waals surface area (Å²) in [4.78, 5) is 15.5. The number of aromatic nitrogens is 1. The van der Waals surface area contributed by atoms with Gasteiger partial charge >= 0.3 is 5.97 Å². The molecule has 2 atom stereocenters. The number of rotatable bonds is 2. The molecule has 0 amide bonds. The van der Waals surface area contributed by atoms with Gasteiger partial charge in [-0.15, -0.1) is 0 Å². The Kier molecular flexibility index (Phi) is 2.97. The lowest BCUT2D eigenvalue weighted by Crippen LogP contribution is -2.22. The molecule has 0 radical (unpaired) electrons. The van der Waals surface area contributed by atoms with Gasteiger partial charge < -0.3 is 10.1 Å². The highest BCUT2D eigenvalue weighted by atomic mass is 16.5. The second kappa shape index (κ2) is 4.40. The maximum atomic E-state index is 11.5. The van der Waals surface area contributed by atoms with E-state index in [-0.39, 0.29) is 17.8 Å². The predicted octanol–water partition coefficient (Wildman–Crippen LogP) is 0.558. The summed E-state index contributed by atoms with van der Waals surface area (Å²) in [5.74, 6) is -0.000313. The van der Waals surface area contributed by atoms with E-state index in [0.717, 1.165) is 12.1 Å². The van der Waals surface area contributed by atoms with Crippen LogP contribution in [-0.2, 0) is 9.53 Å². The first-order valence-corrected chi connectivity index (χ1v) is 5.01. The van der Waals surface area contributed by atoms with E-state index in [0.29, 0.717) is 6.54 Å². The standard InChI is InChI=1S/C11H14N2O2/c1-15-11(14)10-7-13-6-9(10)8-2-4-12-5-3-8/h2-5,9-10,13H,6-7H2,1H3. The van der Waals surface area contributed by atoms with E-state index in [4.69, 9.17) is 4.74 Å². The van der Waals surface area contributed by atoms with E-state index in [1.165, 1.54) is 7.11 Å². The topological polar surface area (TPSA) is 51.2 Å². The molecule has 0 saturated carbocycles. The first-order valence-electron chi connectivity index (χ1n) is 5.01. The van der Waals surface area contributed by atoms with Crippen molar-refractivity contribution in [3.63, 3.8) is 0 Å². The molecular weight excluding hydrogens is 192 g/mol. The molecule has 0 aromatic carbocycles. The van der Waals surface area contributed by atoms with Crippen molar-refractivity contribution in [3.05, 3.63) is 30.1 Å². The minimum atomic E-state index is -0.137. The van der Waals surface area contributed by atoms with E-state index < -0.39 is 0 Å². The number of hydrogen-bond donors (Lipinski definition) is 1. The maximum absolute atomic E-state index is 11.5. The van der Waals surface area contributed by atoms with E-state index >= 15 is 0 Å². The zero-order valence-electron chi connectivity index (χ0n) is 8.64. The molecule has 4 heteroatoms. The Hall–Kier alpha value is -1.42. The number of methoxy groups -OCH3 is 1. The summed E-state index contributed by atoms with van der Waals surface area (Å²) in [7, 11) is 1.43. The maximum Gasteiger partial charge on any atom is 0.310 e. The van der Waals surface area contributed by atoms with Gasteiger partial charge in [-0.25, -0.2) is 0 Å². The molecule has 15 heavy (non-hydrogen) atoms. The van der Waals surface area contributed by atoms with Gasteiger partial charge in [-0.3, -0.25) is 9.78 Å². The zero-order valence-corrected chi connectivity index (χ0v) is 8.64. The lowest BCUT2D eigenvalue weighted by molar-refractivity contribution is -0.145. The molecule has 0 aliphatic carbocycles. The third kappa shape index (κ3) is 1.99. The molecule has 0 spiro atoms. The molecule has 80 valence electrons. The fourth-order valence-electron chi connectivity index (χ4n) is 2.04. The second-order valence-corrected chi connectivity index (χ2v) is 3.67. The number of pyridine rings is 1. The Morgan fingerprint density at radius 2 is 2.20 bits per heavy atom. The van der Waals surface area contributed by atoms with Crippen molar-refractivity contribution >= 4 is 5.97 Å². The average Bonchev–Trinajstić information content (AvgIpc) is 2.78. The van der Waals surface area contributed by atoms with Gasteiger partial charge in [-0.05, 0) is 17.7 Å². The molecule has 2 unspecified atom stereocenters. The minimum Gasteiger partial charge on any atom is -0.469 e. The molecule has 1 fully saturated rings. The van der Waals surface area contributed by atoms with Gasteiger partial charge in [0, 0.05) is 31.4 Å².